The van der Waals surface area contributed by atoms with Gasteiger partial charge in [-0.25, -0.2) is 0 Å². The summed E-state index contributed by atoms with van der Waals surface area (Å²) in [6.45, 7) is 0.516. The van der Waals surface area contributed by atoms with Gasteiger partial charge in [0, 0.05) is 17.7 Å². The largest absolute Gasteiger partial charge is 0.380 e. The summed E-state index contributed by atoms with van der Waals surface area (Å²) in [4.78, 5) is 0. The van der Waals surface area contributed by atoms with Gasteiger partial charge in [-0.1, -0.05) is 41.9 Å². The van der Waals surface area contributed by atoms with E-state index in [0.717, 1.165) is 22.3 Å². The van der Waals surface area contributed by atoms with Crippen molar-refractivity contribution in [2.75, 3.05) is 7.11 Å². The Kier molecular flexibility index (Phi) is 3.94. The first-order valence-corrected chi connectivity index (χ1v) is 6.77. The number of hydrogen-bond donors (Lipinski definition) is 1. The molecule has 1 aromatic heterocycles. The SMILES string of the molecule is COCc1cc(Cl)ccc1-c1ccc(-c2nn[nH]n2)cc1. The lowest BCUT2D eigenvalue weighted by atomic mass is 9.99. The Bertz CT molecular complexity index is 726. The van der Waals surface area contributed by atoms with E-state index in [1.807, 2.05) is 42.5 Å². The van der Waals surface area contributed by atoms with Gasteiger partial charge < -0.3 is 4.74 Å². The van der Waals surface area contributed by atoms with Gasteiger partial charge in [-0.2, -0.15) is 5.21 Å². The molecule has 0 aliphatic rings. The van der Waals surface area contributed by atoms with Gasteiger partial charge in [-0.15, -0.1) is 10.2 Å². The maximum atomic E-state index is 6.05. The summed E-state index contributed by atoms with van der Waals surface area (Å²) in [5.74, 6) is 0.578. The van der Waals surface area contributed by atoms with Crippen molar-refractivity contribution in [1.82, 2.24) is 20.6 Å². The van der Waals surface area contributed by atoms with Crippen LogP contribution >= 0.6 is 11.6 Å². The Morgan fingerprint density at radius 2 is 1.86 bits per heavy atom. The van der Waals surface area contributed by atoms with Crippen LogP contribution < -0.4 is 0 Å². The lowest BCUT2D eigenvalue weighted by Gasteiger charge is -2.10. The van der Waals surface area contributed by atoms with Crippen LogP contribution in [0.5, 0.6) is 0 Å². The summed E-state index contributed by atoms with van der Waals surface area (Å²) in [6, 6.07) is 13.8. The second kappa shape index (κ2) is 6.03. The fraction of sp³-hybridized carbons (Fsp3) is 0.133. The van der Waals surface area contributed by atoms with E-state index < -0.39 is 0 Å². The summed E-state index contributed by atoms with van der Waals surface area (Å²) < 4.78 is 5.24. The maximum Gasteiger partial charge on any atom is 0.204 e. The minimum Gasteiger partial charge on any atom is -0.380 e. The Labute approximate surface area is 126 Å². The molecule has 106 valence electrons. The molecule has 0 fully saturated rings. The number of benzene rings is 2. The standard InChI is InChI=1S/C15H13ClN4O/c1-21-9-12-8-13(16)6-7-14(12)10-2-4-11(5-3-10)15-17-19-20-18-15/h2-8H,9H2,1H3,(H,17,18,19,20). The molecule has 3 rings (SSSR count). The van der Waals surface area contributed by atoms with E-state index in [-0.39, 0.29) is 0 Å². The number of halogens is 1. The molecule has 0 aliphatic carbocycles. The first kappa shape index (κ1) is 13.7. The van der Waals surface area contributed by atoms with Crippen LogP contribution in [-0.4, -0.2) is 27.7 Å². The number of H-pyrrole nitrogens is 1. The van der Waals surface area contributed by atoms with Crippen molar-refractivity contribution in [3.05, 3.63) is 53.1 Å². The minimum absolute atomic E-state index is 0.516. The second-order valence-corrected chi connectivity index (χ2v) is 4.98. The number of nitrogens with zero attached hydrogens (tertiary/aromatic N) is 3. The minimum atomic E-state index is 0.516. The highest BCUT2D eigenvalue weighted by Gasteiger charge is 2.08. The molecule has 0 atom stereocenters. The number of hydrogen-bond acceptors (Lipinski definition) is 4. The molecule has 0 aliphatic heterocycles. The molecule has 1 heterocycles. The number of tetrazole rings is 1. The van der Waals surface area contributed by atoms with E-state index >= 15 is 0 Å². The Morgan fingerprint density at radius 1 is 1.10 bits per heavy atom. The highest BCUT2D eigenvalue weighted by atomic mass is 35.5. The molecule has 0 unspecified atom stereocenters. The third-order valence-corrected chi connectivity index (χ3v) is 3.40. The monoisotopic (exact) mass is 300 g/mol. The zero-order valence-corrected chi connectivity index (χ0v) is 12.1. The van der Waals surface area contributed by atoms with E-state index in [0.29, 0.717) is 17.5 Å². The lowest BCUT2D eigenvalue weighted by molar-refractivity contribution is 0.185. The van der Waals surface area contributed by atoms with Gasteiger partial charge in [-0.05, 0) is 34.0 Å². The number of rotatable bonds is 4. The number of ether oxygens (including phenoxy) is 1. The van der Waals surface area contributed by atoms with Crippen LogP contribution in [0.2, 0.25) is 5.02 Å². The van der Waals surface area contributed by atoms with Gasteiger partial charge in [0.25, 0.3) is 0 Å². The molecule has 6 heteroatoms. The van der Waals surface area contributed by atoms with Crippen LogP contribution in [0.1, 0.15) is 5.56 Å². The van der Waals surface area contributed by atoms with Gasteiger partial charge in [0.2, 0.25) is 5.82 Å². The predicted molar refractivity (Wildman–Crippen MR) is 80.8 cm³/mol. The first-order valence-electron chi connectivity index (χ1n) is 6.39. The highest BCUT2D eigenvalue weighted by molar-refractivity contribution is 6.30. The molecule has 0 saturated carbocycles. The zero-order valence-electron chi connectivity index (χ0n) is 11.4. The highest BCUT2D eigenvalue weighted by Crippen LogP contribution is 2.28. The molecule has 2 aromatic carbocycles. The molecule has 21 heavy (non-hydrogen) atoms. The van der Waals surface area contributed by atoms with Gasteiger partial charge in [-0.3, -0.25) is 0 Å². The normalized spacial score (nSPS) is 10.8. The predicted octanol–water partition coefficient (Wildman–Crippen LogP) is 3.33. The third-order valence-electron chi connectivity index (χ3n) is 3.17. The fourth-order valence-corrected chi connectivity index (χ4v) is 2.40. The number of nitrogens with one attached hydrogen (secondary N) is 1. The van der Waals surface area contributed by atoms with Gasteiger partial charge >= 0.3 is 0 Å². The molecular formula is C15H13ClN4O. The average molecular weight is 301 g/mol. The Hall–Kier alpha value is -2.24. The Morgan fingerprint density at radius 3 is 2.52 bits per heavy atom. The third kappa shape index (κ3) is 2.94. The lowest BCUT2D eigenvalue weighted by Crippen LogP contribution is -1.92. The van der Waals surface area contributed by atoms with Crippen molar-refractivity contribution in [1.29, 1.82) is 0 Å². The molecule has 0 bridgehead atoms. The summed E-state index contributed by atoms with van der Waals surface area (Å²) in [5.41, 5.74) is 4.15. The number of aromatic amines is 1. The summed E-state index contributed by atoms with van der Waals surface area (Å²) >= 11 is 6.05. The van der Waals surface area contributed by atoms with Gasteiger partial charge in [0.1, 0.15) is 0 Å². The topological polar surface area (TPSA) is 63.7 Å². The second-order valence-electron chi connectivity index (χ2n) is 4.55. The van der Waals surface area contributed by atoms with E-state index in [1.54, 1.807) is 7.11 Å². The summed E-state index contributed by atoms with van der Waals surface area (Å²) in [5, 5.41) is 14.6. The quantitative estimate of drug-likeness (QED) is 0.802. The molecule has 0 radical (unpaired) electrons. The summed E-state index contributed by atoms with van der Waals surface area (Å²) in [6.07, 6.45) is 0. The molecule has 0 saturated heterocycles. The maximum absolute atomic E-state index is 6.05. The van der Waals surface area contributed by atoms with E-state index in [4.69, 9.17) is 16.3 Å². The van der Waals surface area contributed by atoms with Crippen LogP contribution in [0, 0.1) is 0 Å². The van der Waals surface area contributed by atoms with Crippen molar-refractivity contribution >= 4 is 11.6 Å². The number of methoxy groups -OCH3 is 1. The Balaban J connectivity index is 1.97. The van der Waals surface area contributed by atoms with Crippen molar-refractivity contribution < 1.29 is 4.74 Å². The van der Waals surface area contributed by atoms with Crippen molar-refractivity contribution in [3.8, 4) is 22.5 Å². The van der Waals surface area contributed by atoms with E-state index in [2.05, 4.69) is 20.6 Å². The average Bonchev–Trinajstić information content (AvgIpc) is 3.02. The van der Waals surface area contributed by atoms with E-state index in [9.17, 15) is 0 Å². The first-order chi connectivity index (χ1) is 10.3. The molecule has 1 N–H and O–H groups in total. The van der Waals surface area contributed by atoms with Crippen molar-refractivity contribution in [2.24, 2.45) is 0 Å². The molecule has 0 spiro atoms. The number of aromatic nitrogens is 4. The van der Waals surface area contributed by atoms with Crippen LogP contribution in [0.25, 0.3) is 22.5 Å². The van der Waals surface area contributed by atoms with Gasteiger partial charge in [0.15, 0.2) is 0 Å². The van der Waals surface area contributed by atoms with Gasteiger partial charge in [0.05, 0.1) is 6.61 Å². The van der Waals surface area contributed by atoms with Crippen LogP contribution in [-0.2, 0) is 11.3 Å². The summed E-state index contributed by atoms with van der Waals surface area (Å²) in [7, 11) is 1.67. The fourth-order valence-electron chi connectivity index (χ4n) is 2.20. The molecular weight excluding hydrogens is 288 g/mol. The smallest absolute Gasteiger partial charge is 0.204 e. The molecule has 5 nitrogen and oxygen atoms in total. The van der Waals surface area contributed by atoms with Crippen molar-refractivity contribution in [2.45, 2.75) is 6.61 Å². The van der Waals surface area contributed by atoms with Crippen molar-refractivity contribution in [3.63, 3.8) is 0 Å². The van der Waals surface area contributed by atoms with E-state index in [1.165, 1.54) is 0 Å². The van der Waals surface area contributed by atoms with Crippen LogP contribution in [0.4, 0.5) is 0 Å². The van der Waals surface area contributed by atoms with Crippen LogP contribution in [0.15, 0.2) is 42.5 Å². The zero-order chi connectivity index (χ0) is 14.7. The van der Waals surface area contributed by atoms with Crippen LogP contribution in [0.3, 0.4) is 0 Å². The molecule has 3 aromatic rings. The molecule has 0 amide bonds.